The van der Waals surface area contributed by atoms with Crippen LogP contribution in [0.3, 0.4) is 0 Å². The average molecular weight is 282 g/mol. The molecule has 0 amide bonds. The lowest BCUT2D eigenvalue weighted by molar-refractivity contribution is 0.0979. The molecule has 0 unspecified atom stereocenters. The summed E-state index contributed by atoms with van der Waals surface area (Å²) in [5.41, 5.74) is 1.65. The number of Topliss-reactive ketones (excluding diaryl/α,β-unsaturated/α-hetero) is 1. The molecule has 0 aliphatic rings. The van der Waals surface area contributed by atoms with Crippen molar-refractivity contribution in [2.45, 2.75) is 39.2 Å². The molecule has 0 heterocycles. The first-order valence-electron chi connectivity index (χ1n) is 7.30. The maximum atomic E-state index is 12.3. The quantitative estimate of drug-likeness (QED) is 0.744. The number of aryl methyl sites for hydroxylation is 1. The molecule has 0 aliphatic heterocycles. The van der Waals surface area contributed by atoms with Gasteiger partial charge in [0, 0.05) is 12.0 Å². The van der Waals surface area contributed by atoms with Crippen LogP contribution in [0.1, 0.15) is 43.1 Å². The molecule has 2 aromatic carbocycles. The molecule has 0 spiro atoms. The van der Waals surface area contributed by atoms with Gasteiger partial charge in [0.2, 0.25) is 0 Å². The van der Waals surface area contributed by atoms with Gasteiger partial charge in [-0.05, 0) is 44.9 Å². The third-order valence-electron chi connectivity index (χ3n) is 3.06. The number of ketones is 1. The normalized spacial score (nSPS) is 11.2. The fraction of sp³-hybridized carbons (Fsp3) is 0.316. The average Bonchev–Trinajstić information content (AvgIpc) is 2.44. The summed E-state index contributed by atoms with van der Waals surface area (Å²) < 4.78 is 5.80. The Morgan fingerprint density at radius 1 is 1.00 bits per heavy atom. The molecule has 0 aliphatic carbocycles. The van der Waals surface area contributed by atoms with Crippen molar-refractivity contribution in [1.82, 2.24) is 0 Å². The van der Waals surface area contributed by atoms with Gasteiger partial charge in [-0.2, -0.15) is 0 Å². The lowest BCUT2D eigenvalue weighted by Gasteiger charge is -2.21. The summed E-state index contributed by atoms with van der Waals surface area (Å²) in [6, 6.07) is 17.5. The zero-order valence-corrected chi connectivity index (χ0v) is 12.9. The Kier molecular flexibility index (Phi) is 4.79. The van der Waals surface area contributed by atoms with Gasteiger partial charge in [-0.1, -0.05) is 42.5 Å². The summed E-state index contributed by atoms with van der Waals surface area (Å²) in [6.45, 7) is 5.99. The molecule has 0 fully saturated rings. The smallest absolute Gasteiger partial charge is 0.163 e. The molecule has 2 nitrogen and oxygen atoms in total. The van der Waals surface area contributed by atoms with Crippen molar-refractivity contribution in [1.29, 1.82) is 0 Å². The van der Waals surface area contributed by atoms with E-state index >= 15 is 0 Å². The number of hydrogen-bond donors (Lipinski definition) is 0. The molecule has 2 heteroatoms. The SMILES string of the molecule is CC(C)(C)Oc1cccc(C(=O)CCc2ccccc2)c1. The number of benzene rings is 2. The Morgan fingerprint density at radius 3 is 2.38 bits per heavy atom. The zero-order valence-electron chi connectivity index (χ0n) is 12.9. The molecule has 0 saturated carbocycles. The minimum atomic E-state index is -0.258. The van der Waals surface area contributed by atoms with Gasteiger partial charge in [-0.3, -0.25) is 4.79 Å². The second kappa shape index (κ2) is 6.57. The van der Waals surface area contributed by atoms with E-state index in [1.54, 1.807) is 0 Å². The van der Waals surface area contributed by atoms with Crippen molar-refractivity contribution >= 4 is 5.78 Å². The van der Waals surface area contributed by atoms with Gasteiger partial charge in [-0.15, -0.1) is 0 Å². The van der Waals surface area contributed by atoms with Crippen molar-refractivity contribution in [2.24, 2.45) is 0 Å². The minimum absolute atomic E-state index is 0.151. The van der Waals surface area contributed by atoms with E-state index in [4.69, 9.17) is 4.74 Å². The molecule has 0 aromatic heterocycles. The Hall–Kier alpha value is -2.09. The fourth-order valence-corrected chi connectivity index (χ4v) is 2.13. The Morgan fingerprint density at radius 2 is 1.71 bits per heavy atom. The van der Waals surface area contributed by atoms with Crippen LogP contribution in [-0.2, 0) is 6.42 Å². The second-order valence-corrected chi connectivity index (χ2v) is 6.15. The van der Waals surface area contributed by atoms with Crippen LogP contribution in [0.2, 0.25) is 0 Å². The third-order valence-corrected chi connectivity index (χ3v) is 3.06. The predicted molar refractivity (Wildman–Crippen MR) is 85.9 cm³/mol. The monoisotopic (exact) mass is 282 g/mol. The number of carbonyl (C=O) groups is 1. The topological polar surface area (TPSA) is 26.3 Å². The highest BCUT2D eigenvalue weighted by molar-refractivity contribution is 5.96. The van der Waals surface area contributed by atoms with Crippen LogP contribution >= 0.6 is 0 Å². The summed E-state index contributed by atoms with van der Waals surface area (Å²) in [6.07, 6.45) is 1.28. The Bertz CT molecular complexity index is 594. The van der Waals surface area contributed by atoms with Gasteiger partial charge >= 0.3 is 0 Å². The van der Waals surface area contributed by atoms with E-state index in [0.29, 0.717) is 12.0 Å². The summed E-state index contributed by atoms with van der Waals surface area (Å²) >= 11 is 0. The maximum Gasteiger partial charge on any atom is 0.163 e. The second-order valence-electron chi connectivity index (χ2n) is 6.15. The van der Waals surface area contributed by atoms with E-state index in [0.717, 1.165) is 12.2 Å². The first kappa shape index (κ1) is 15.3. The van der Waals surface area contributed by atoms with Crippen molar-refractivity contribution in [3.8, 4) is 5.75 Å². The molecule has 110 valence electrons. The first-order valence-corrected chi connectivity index (χ1v) is 7.30. The number of ether oxygens (including phenoxy) is 1. The predicted octanol–water partition coefficient (Wildman–Crippen LogP) is 4.68. The zero-order chi connectivity index (χ0) is 15.3. The molecular weight excluding hydrogens is 260 g/mol. The first-order chi connectivity index (χ1) is 9.94. The molecule has 2 aromatic rings. The van der Waals surface area contributed by atoms with E-state index in [1.807, 2.05) is 75.4 Å². The van der Waals surface area contributed by atoms with Gasteiger partial charge in [0.25, 0.3) is 0 Å². The highest BCUT2D eigenvalue weighted by Crippen LogP contribution is 2.20. The molecular formula is C19H22O2. The fourth-order valence-electron chi connectivity index (χ4n) is 2.13. The Labute approximate surface area is 126 Å². The summed E-state index contributed by atoms with van der Waals surface area (Å²) in [4.78, 5) is 12.3. The maximum absolute atomic E-state index is 12.3. The van der Waals surface area contributed by atoms with E-state index in [9.17, 15) is 4.79 Å². The van der Waals surface area contributed by atoms with Gasteiger partial charge in [-0.25, -0.2) is 0 Å². The van der Waals surface area contributed by atoms with Crippen LogP contribution in [-0.4, -0.2) is 11.4 Å². The molecule has 21 heavy (non-hydrogen) atoms. The summed E-state index contributed by atoms with van der Waals surface area (Å²) in [5.74, 6) is 0.895. The number of rotatable bonds is 5. The summed E-state index contributed by atoms with van der Waals surface area (Å²) in [5, 5.41) is 0. The molecule has 2 rings (SSSR count). The number of hydrogen-bond acceptors (Lipinski definition) is 2. The molecule has 0 atom stereocenters. The van der Waals surface area contributed by atoms with Gasteiger partial charge in [0.05, 0.1) is 0 Å². The minimum Gasteiger partial charge on any atom is -0.488 e. The standard InChI is InChI=1S/C19H22O2/c1-19(2,3)21-17-11-7-10-16(14-17)18(20)13-12-15-8-5-4-6-9-15/h4-11,14H,12-13H2,1-3H3. The lowest BCUT2D eigenvalue weighted by atomic mass is 10.0. The lowest BCUT2D eigenvalue weighted by Crippen LogP contribution is -2.23. The largest absolute Gasteiger partial charge is 0.488 e. The molecule has 0 N–H and O–H groups in total. The van der Waals surface area contributed by atoms with Crippen LogP contribution in [0.15, 0.2) is 54.6 Å². The number of carbonyl (C=O) groups excluding carboxylic acids is 1. The van der Waals surface area contributed by atoms with Crippen molar-refractivity contribution < 1.29 is 9.53 Å². The van der Waals surface area contributed by atoms with Crippen molar-refractivity contribution in [2.75, 3.05) is 0 Å². The van der Waals surface area contributed by atoms with Crippen molar-refractivity contribution in [3.63, 3.8) is 0 Å². The van der Waals surface area contributed by atoms with Crippen LogP contribution in [0.25, 0.3) is 0 Å². The van der Waals surface area contributed by atoms with Gasteiger partial charge in [0.1, 0.15) is 11.4 Å². The highest BCUT2D eigenvalue weighted by Gasteiger charge is 2.13. The molecule has 0 radical (unpaired) electrons. The van der Waals surface area contributed by atoms with Crippen LogP contribution in [0.5, 0.6) is 5.75 Å². The van der Waals surface area contributed by atoms with Crippen LogP contribution in [0, 0.1) is 0 Å². The van der Waals surface area contributed by atoms with Crippen LogP contribution in [0.4, 0.5) is 0 Å². The third kappa shape index (κ3) is 5.07. The Balaban J connectivity index is 2.01. The van der Waals surface area contributed by atoms with Crippen LogP contribution < -0.4 is 4.74 Å². The molecule has 0 bridgehead atoms. The molecule has 0 saturated heterocycles. The van der Waals surface area contributed by atoms with E-state index < -0.39 is 0 Å². The van der Waals surface area contributed by atoms with E-state index in [2.05, 4.69) is 0 Å². The highest BCUT2D eigenvalue weighted by atomic mass is 16.5. The summed E-state index contributed by atoms with van der Waals surface area (Å²) in [7, 11) is 0. The van der Waals surface area contributed by atoms with E-state index in [1.165, 1.54) is 5.56 Å². The van der Waals surface area contributed by atoms with E-state index in [-0.39, 0.29) is 11.4 Å². The van der Waals surface area contributed by atoms with Gasteiger partial charge < -0.3 is 4.74 Å². The van der Waals surface area contributed by atoms with Gasteiger partial charge in [0.15, 0.2) is 5.78 Å². The van der Waals surface area contributed by atoms with Crippen molar-refractivity contribution in [3.05, 3.63) is 65.7 Å².